The topological polar surface area (TPSA) is 46.5 Å². The molecule has 0 bridgehead atoms. The maximum absolute atomic E-state index is 10.9. The third kappa shape index (κ3) is 3.57. The number of rotatable bonds is 5. The Morgan fingerprint density at radius 1 is 1.00 bits per heavy atom. The first-order valence-electron chi connectivity index (χ1n) is 5.53. The Labute approximate surface area is 107 Å². The normalized spacial score (nSPS) is 11.8. The molecule has 18 heavy (non-hydrogen) atoms. The molecule has 2 rings (SSSR count). The van der Waals surface area contributed by atoms with Crippen LogP contribution >= 0.6 is 8.15 Å². The summed E-state index contributed by atoms with van der Waals surface area (Å²) >= 11 is 0. The number of carboxylic acids is 1. The van der Waals surface area contributed by atoms with E-state index in [1.54, 1.807) is 0 Å². The summed E-state index contributed by atoms with van der Waals surface area (Å²) < 4.78 is 5.80. The highest BCUT2D eigenvalue weighted by molar-refractivity contribution is 7.62. The molecule has 0 amide bonds. The van der Waals surface area contributed by atoms with Crippen molar-refractivity contribution in [2.24, 2.45) is 0 Å². The van der Waals surface area contributed by atoms with Crippen molar-refractivity contribution in [1.82, 2.24) is 0 Å². The fraction of sp³-hybridized carbons (Fsp3) is 0.0714. The molecular formula is C14H13O3P. The molecule has 0 aliphatic rings. The minimum Gasteiger partial charge on any atom is -0.481 e. The summed E-state index contributed by atoms with van der Waals surface area (Å²) in [5.74, 6) is -0.144. The van der Waals surface area contributed by atoms with E-state index >= 15 is 0 Å². The molecule has 0 fully saturated rings. The Bertz CT molecular complexity index is 499. The zero-order chi connectivity index (χ0) is 12.8. The van der Waals surface area contributed by atoms with E-state index in [0.29, 0.717) is 5.75 Å². The highest BCUT2D eigenvalue weighted by atomic mass is 31.1. The van der Waals surface area contributed by atoms with Gasteiger partial charge in [0.1, 0.15) is 20.1 Å². The Hall–Kier alpha value is -1.86. The molecule has 0 aromatic heterocycles. The van der Waals surface area contributed by atoms with Crippen LogP contribution in [0.15, 0.2) is 60.7 Å². The first-order chi connectivity index (χ1) is 8.75. The van der Waals surface area contributed by atoms with Crippen LogP contribution < -0.4 is 9.83 Å². The second kappa shape index (κ2) is 6.18. The van der Waals surface area contributed by atoms with Gasteiger partial charge in [-0.1, -0.05) is 48.5 Å². The van der Waals surface area contributed by atoms with Crippen LogP contribution in [0, 0.1) is 0 Å². The molecule has 4 heteroatoms. The van der Waals surface area contributed by atoms with Crippen LogP contribution in [-0.4, -0.2) is 17.2 Å². The van der Waals surface area contributed by atoms with Crippen molar-refractivity contribution in [2.75, 3.05) is 6.16 Å². The van der Waals surface area contributed by atoms with Crippen molar-refractivity contribution < 1.29 is 14.4 Å². The van der Waals surface area contributed by atoms with Gasteiger partial charge in [0.25, 0.3) is 0 Å². The third-order valence-corrected chi connectivity index (χ3v) is 4.14. The maximum Gasteiger partial charge on any atom is 0.311 e. The molecule has 0 saturated carbocycles. The molecule has 1 atom stereocenters. The first kappa shape index (κ1) is 12.6. The van der Waals surface area contributed by atoms with E-state index in [2.05, 4.69) is 0 Å². The average molecular weight is 260 g/mol. The molecule has 0 aliphatic carbocycles. The highest BCUT2D eigenvalue weighted by Gasteiger charge is 2.17. The van der Waals surface area contributed by atoms with E-state index in [0.717, 1.165) is 5.30 Å². The lowest BCUT2D eigenvalue weighted by atomic mass is 10.3. The van der Waals surface area contributed by atoms with Gasteiger partial charge in [-0.05, 0) is 12.1 Å². The van der Waals surface area contributed by atoms with Gasteiger partial charge in [0.05, 0.1) is 0 Å². The largest absolute Gasteiger partial charge is 0.481 e. The van der Waals surface area contributed by atoms with E-state index in [1.165, 1.54) is 0 Å². The van der Waals surface area contributed by atoms with Crippen molar-refractivity contribution in [3.05, 3.63) is 60.7 Å². The highest BCUT2D eigenvalue weighted by Crippen LogP contribution is 2.36. The molecule has 0 saturated heterocycles. The number of benzene rings is 2. The Balaban J connectivity index is 2.18. The van der Waals surface area contributed by atoms with Gasteiger partial charge in [0, 0.05) is 5.30 Å². The molecule has 2 aromatic rings. The van der Waals surface area contributed by atoms with Crippen molar-refractivity contribution in [2.45, 2.75) is 0 Å². The summed E-state index contributed by atoms with van der Waals surface area (Å²) in [5, 5.41) is 9.89. The number of para-hydroxylation sites is 1. The SMILES string of the molecule is O=C(O)CP(Oc1ccccc1)c1ccccc1. The van der Waals surface area contributed by atoms with Gasteiger partial charge in [-0.2, -0.15) is 0 Å². The zero-order valence-electron chi connectivity index (χ0n) is 9.69. The maximum atomic E-state index is 10.9. The molecular weight excluding hydrogens is 247 g/mol. The summed E-state index contributed by atoms with van der Waals surface area (Å²) in [7, 11) is -1.17. The van der Waals surface area contributed by atoms with Gasteiger partial charge in [0.2, 0.25) is 0 Å². The molecule has 1 unspecified atom stereocenters. The van der Waals surface area contributed by atoms with Crippen LogP contribution in [0.25, 0.3) is 0 Å². The quantitative estimate of drug-likeness (QED) is 0.841. The predicted molar refractivity (Wildman–Crippen MR) is 72.6 cm³/mol. The molecule has 1 N–H and O–H groups in total. The van der Waals surface area contributed by atoms with Crippen molar-refractivity contribution in [3.63, 3.8) is 0 Å². The van der Waals surface area contributed by atoms with E-state index in [4.69, 9.17) is 9.63 Å². The fourth-order valence-corrected chi connectivity index (χ4v) is 2.98. The summed E-state index contributed by atoms with van der Waals surface area (Å²) in [6, 6.07) is 18.8. The van der Waals surface area contributed by atoms with Gasteiger partial charge in [-0.15, -0.1) is 0 Å². The lowest BCUT2D eigenvalue weighted by Crippen LogP contribution is -2.13. The van der Waals surface area contributed by atoms with Gasteiger partial charge >= 0.3 is 5.97 Å². The smallest absolute Gasteiger partial charge is 0.311 e. The second-order valence-corrected chi connectivity index (χ2v) is 5.44. The van der Waals surface area contributed by atoms with Crippen LogP contribution in [0.4, 0.5) is 0 Å². The van der Waals surface area contributed by atoms with Gasteiger partial charge in [-0.3, -0.25) is 4.79 Å². The van der Waals surface area contributed by atoms with Crippen molar-refractivity contribution >= 4 is 19.4 Å². The Morgan fingerprint density at radius 3 is 2.11 bits per heavy atom. The Kier molecular flexibility index (Phi) is 4.32. The van der Waals surface area contributed by atoms with E-state index < -0.39 is 14.1 Å². The van der Waals surface area contributed by atoms with Crippen molar-refractivity contribution in [3.8, 4) is 5.75 Å². The molecule has 0 aliphatic heterocycles. The summed E-state index contributed by atoms with van der Waals surface area (Å²) in [6.07, 6.45) is 0.00818. The van der Waals surface area contributed by atoms with Crippen LogP contribution in [0.1, 0.15) is 0 Å². The predicted octanol–water partition coefficient (Wildman–Crippen LogP) is 2.87. The van der Waals surface area contributed by atoms with Gasteiger partial charge in [-0.25, -0.2) is 0 Å². The molecule has 0 spiro atoms. The number of aliphatic carboxylic acids is 1. The van der Waals surface area contributed by atoms with Gasteiger partial charge < -0.3 is 9.63 Å². The monoisotopic (exact) mass is 260 g/mol. The Morgan fingerprint density at radius 2 is 1.56 bits per heavy atom. The molecule has 0 heterocycles. The standard InChI is InChI=1S/C14H13O3P/c15-14(16)11-18(13-9-5-2-6-10-13)17-12-7-3-1-4-8-12/h1-10H,11H2,(H,15,16). The summed E-state index contributed by atoms with van der Waals surface area (Å²) in [5.41, 5.74) is 0. The minimum absolute atomic E-state index is 0.00818. The number of carboxylic acid groups (broad SMARTS) is 1. The fourth-order valence-electron chi connectivity index (χ4n) is 1.50. The van der Waals surface area contributed by atoms with Crippen LogP contribution in [0.3, 0.4) is 0 Å². The second-order valence-electron chi connectivity index (χ2n) is 3.67. The molecule has 3 nitrogen and oxygen atoms in total. The number of carbonyl (C=O) groups is 1. The van der Waals surface area contributed by atoms with E-state index in [9.17, 15) is 4.79 Å². The zero-order valence-corrected chi connectivity index (χ0v) is 10.6. The molecule has 2 aromatic carbocycles. The number of hydrogen-bond donors (Lipinski definition) is 1. The molecule has 0 radical (unpaired) electrons. The molecule has 92 valence electrons. The minimum atomic E-state index is -1.17. The first-order valence-corrected chi connectivity index (χ1v) is 6.97. The van der Waals surface area contributed by atoms with Crippen molar-refractivity contribution in [1.29, 1.82) is 0 Å². The lowest BCUT2D eigenvalue weighted by molar-refractivity contribution is -0.134. The van der Waals surface area contributed by atoms with Gasteiger partial charge in [0.15, 0.2) is 0 Å². The summed E-state index contributed by atoms with van der Waals surface area (Å²) in [6.45, 7) is 0. The number of hydrogen-bond acceptors (Lipinski definition) is 2. The van der Waals surface area contributed by atoms with Crippen LogP contribution in [0.5, 0.6) is 5.75 Å². The third-order valence-electron chi connectivity index (χ3n) is 2.28. The van der Waals surface area contributed by atoms with Crippen LogP contribution in [-0.2, 0) is 4.79 Å². The summed E-state index contributed by atoms with van der Waals surface area (Å²) in [4.78, 5) is 10.9. The van der Waals surface area contributed by atoms with E-state index in [1.807, 2.05) is 60.7 Å². The van der Waals surface area contributed by atoms with Crippen LogP contribution in [0.2, 0.25) is 0 Å². The lowest BCUT2D eigenvalue weighted by Gasteiger charge is -2.17. The van der Waals surface area contributed by atoms with E-state index in [-0.39, 0.29) is 6.16 Å². The average Bonchev–Trinajstić information content (AvgIpc) is 2.40.